The van der Waals surface area contributed by atoms with Gasteiger partial charge in [0, 0.05) is 20.8 Å². The molecule has 0 spiro atoms. The number of halogens is 1. The van der Waals surface area contributed by atoms with Crippen LogP contribution in [0.15, 0.2) is 0 Å². The van der Waals surface area contributed by atoms with Crippen molar-refractivity contribution in [3.8, 4) is 0 Å². The third-order valence-electron chi connectivity index (χ3n) is 3.39. The topological polar surface area (TPSA) is 184 Å². The zero-order valence-corrected chi connectivity index (χ0v) is 18.1. The van der Waals surface area contributed by atoms with Crippen molar-refractivity contribution < 1.29 is 57.0 Å². The molecule has 1 rings (SSSR count). The normalized spacial score (nSPS) is 26.9. The molecule has 29 heavy (non-hydrogen) atoms. The number of rotatable bonds is 8. The summed E-state index contributed by atoms with van der Waals surface area (Å²) in [7, 11) is -5.14. The minimum Gasteiger partial charge on any atom is -0.463 e. The molecule has 1 aliphatic rings. The number of phosphoric ester groups is 1. The van der Waals surface area contributed by atoms with Crippen molar-refractivity contribution in [1.82, 2.24) is 5.32 Å². The number of nitrogens with one attached hydrogen (secondary N) is 1. The van der Waals surface area contributed by atoms with Gasteiger partial charge < -0.3 is 34.1 Å². The van der Waals surface area contributed by atoms with Gasteiger partial charge in [0.25, 0.3) is 0 Å². The van der Waals surface area contributed by atoms with Crippen molar-refractivity contribution in [2.45, 2.75) is 51.4 Å². The van der Waals surface area contributed by atoms with E-state index in [4.69, 9.17) is 18.9 Å². The lowest BCUT2D eigenvalue weighted by molar-refractivity contribution is -0.259. The Labute approximate surface area is 173 Å². The van der Waals surface area contributed by atoms with Crippen molar-refractivity contribution in [1.29, 1.82) is 0 Å². The van der Waals surface area contributed by atoms with Crippen LogP contribution in [-0.4, -0.2) is 76.2 Å². The number of phosphoric acid groups is 1. The first-order chi connectivity index (χ1) is 13.3. The Balaban J connectivity index is 3.37. The first-order valence-corrected chi connectivity index (χ1v) is 10.7. The van der Waals surface area contributed by atoms with E-state index in [-0.39, 0.29) is 5.33 Å². The number of carbonyl (C=O) groups is 4. The Morgan fingerprint density at radius 2 is 1.59 bits per heavy atom. The zero-order chi connectivity index (χ0) is 22.4. The Morgan fingerprint density at radius 3 is 2.03 bits per heavy atom. The van der Waals surface area contributed by atoms with Crippen LogP contribution in [0.25, 0.3) is 0 Å². The maximum Gasteiger partial charge on any atom is 0.472 e. The van der Waals surface area contributed by atoms with E-state index < -0.39 is 68.9 Å². The highest BCUT2D eigenvalue weighted by atomic mass is 79.9. The fourth-order valence-electron chi connectivity index (χ4n) is 2.51. The maximum atomic E-state index is 11.9. The number of hydrogen-bond donors (Lipinski definition) is 3. The van der Waals surface area contributed by atoms with Crippen LogP contribution in [-0.2, 0) is 47.2 Å². The van der Waals surface area contributed by atoms with Crippen molar-refractivity contribution in [2.75, 3.05) is 11.9 Å². The highest BCUT2D eigenvalue weighted by Gasteiger charge is 2.52. The van der Waals surface area contributed by atoms with E-state index >= 15 is 0 Å². The van der Waals surface area contributed by atoms with Gasteiger partial charge in [-0.05, 0) is 0 Å². The van der Waals surface area contributed by atoms with Crippen LogP contribution in [0, 0.1) is 0 Å². The van der Waals surface area contributed by atoms with Gasteiger partial charge in [-0.2, -0.15) is 0 Å². The van der Waals surface area contributed by atoms with Crippen LogP contribution >= 0.6 is 23.8 Å². The molecule has 0 bridgehead atoms. The van der Waals surface area contributed by atoms with Crippen molar-refractivity contribution in [3.63, 3.8) is 0 Å². The van der Waals surface area contributed by atoms with Gasteiger partial charge in [0.2, 0.25) is 5.91 Å². The lowest BCUT2D eigenvalue weighted by Crippen LogP contribution is -2.66. The third kappa shape index (κ3) is 8.76. The molecular weight excluding hydrogens is 485 g/mol. The lowest BCUT2D eigenvalue weighted by atomic mass is 9.96. The van der Waals surface area contributed by atoms with Crippen LogP contribution in [0.1, 0.15) is 20.8 Å². The molecule has 166 valence electrons. The highest BCUT2D eigenvalue weighted by Crippen LogP contribution is 2.41. The molecule has 0 aromatic rings. The summed E-state index contributed by atoms with van der Waals surface area (Å²) >= 11 is 2.90. The zero-order valence-electron chi connectivity index (χ0n) is 15.6. The molecule has 0 radical (unpaired) electrons. The molecule has 1 aliphatic heterocycles. The number of alkyl halides is 1. The second kappa shape index (κ2) is 11.0. The standard InChI is InChI=1S/C14H21BrNO12P/c1-6(17)24-5-9-12(25-7(2)18)13(26-8(3)19)11(16-10(20)4-15)14(27-9)28-29(21,22)23/h9,11-14H,4-5H2,1-3H3,(H,16,20)(H2,21,22,23)/t9-,11-,12-,13-,14-/m1/s1. The number of esters is 3. The summed E-state index contributed by atoms with van der Waals surface area (Å²) in [6.45, 7) is 2.66. The molecule has 0 aromatic heterocycles. The first kappa shape index (κ1) is 25.5. The molecule has 1 amide bonds. The van der Waals surface area contributed by atoms with Gasteiger partial charge in [0.15, 0.2) is 18.5 Å². The van der Waals surface area contributed by atoms with Gasteiger partial charge in [-0.3, -0.25) is 23.7 Å². The van der Waals surface area contributed by atoms with E-state index in [9.17, 15) is 33.5 Å². The molecule has 1 heterocycles. The molecule has 0 aliphatic carbocycles. The molecule has 3 N–H and O–H groups in total. The highest BCUT2D eigenvalue weighted by molar-refractivity contribution is 9.09. The molecule has 5 atom stereocenters. The molecule has 1 saturated heterocycles. The molecule has 13 nitrogen and oxygen atoms in total. The second-order valence-corrected chi connectivity index (χ2v) is 7.57. The Hall–Kier alpha value is -1.57. The molecule has 15 heteroatoms. The van der Waals surface area contributed by atoms with E-state index in [1.807, 2.05) is 0 Å². The van der Waals surface area contributed by atoms with Gasteiger partial charge in [-0.15, -0.1) is 0 Å². The van der Waals surface area contributed by atoms with Crippen LogP contribution in [0.4, 0.5) is 0 Å². The first-order valence-electron chi connectivity index (χ1n) is 8.06. The molecular formula is C14H21BrNO12P. The smallest absolute Gasteiger partial charge is 0.463 e. The van der Waals surface area contributed by atoms with Gasteiger partial charge in [-0.25, -0.2) is 4.57 Å². The van der Waals surface area contributed by atoms with Crippen molar-refractivity contribution in [2.24, 2.45) is 0 Å². The molecule has 1 fully saturated rings. The maximum absolute atomic E-state index is 11.9. The summed E-state index contributed by atoms with van der Waals surface area (Å²) in [5.74, 6) is -3.06. The van der Waals surface area contributed by atoms with Gasteiger partial charge >= 0.3 is 25.7 Å². The average Bonchev–Trinajstić information content (AvgIpc) is 2.56. The SMILES string of the molecule is CC(=O)OC[C@H]1O[C@H](OP(=O)(O)O)[C@H](NC(=O)CBr)[C@@H](OC(C)=O)[C@@H]1OC(C)=O. The predicted octanol–water partition coefficient (Wildman–Crippen LogP) is -0.873. The summed E-state index contributed by atoms with van der Waals surface area (Å²) in [5, 5.41) is 2.12. The van der Waals surface area contributed by atoms with E-state index in [0.29, 0.717) is 0 Å². The number of hydrogen-bond acceptors (Lipinski definition) is 10. The Morgan fingerprint density at radius 1 is 1.03 bits per heavy atom. The van der Waals surface area contributed by atoms with Gasteiger partial charge in [0.05, 0.1) is 5.33 Å². The van der Waals surface area contributed by atoms with E-state index in [0.717, 1.165) is 20.8 Å². The average molecular weight is 506 g/mol. The summed E-state index contributed by atoms with van der Waals surface area (Å²) in [6, 6.07) is -1.48. The number of carbonyl (C=O) groups excluding carboxylic acids is 4. The van der Waals surface area contributed by atoms with Gasteiger partial charge in [-0.1, -0.05) is 15.9 Å². The summed E-state index contributed by atoms with van der Waals surface area (Å²) in [5.41, 5.74) is 0. The number of ether oxygens (including phenoxy) is 4. The lowest BCUT2D eigenvalue weighted by Gasteiger charge is -2.44. The monoisotopic (exact) mass is 505 g/mol. The predicted molar refractivity (Wildman–Crippen MR) is 95.3 cm³/mol. The minimum atomic E-state index is -5.14. The van der Waals surface area contributed by atoms with Crippen molar-refractivity contribution >= 4 is 47.6 Å². The third-order valence-corrected chi connectivity index (χ3v) is 4.38. The summed E-state index contributed by atoms with van der Waals surface area (Å²) < 4.78 is 36.4. The summed E-state index contributed by atoms with van der Waals surface area (Å²) in [4.78, 5) is 64.5. The second-order valence-electron chi connectivity index (χ2n) is 5.82. The molecule has 0 saturated carbocycles. The minimum absolute atomic E-state index is 0.214. The van der Waals surface area contributed by atoms with E-state index in [2.05, 4.69) is 25.8 Å². The van der Waals surface area contributed by atoms with E-state index in [1.54, 1.807) is 0 Å². The largest absolute Gasteiger partial charge is 0.472 e. The van der Waals surface area contributed by atoms with Crippen LogP contribution in [0.5, 0.6) is 0 Å². The van der Waals surface area contributed by atoms with Gasteiger partial charge in [0.1, 0.15) is 18.8 Å². The quantitative estimate of drug-likeness (QED) is 0.160. The number of amides is 1. The van der Waals surface area contributed by atoms with E-state index in [1.165, 1.54) is 0 Å². The Kier molecular flexibility index (Phi) is 9.65. The van der Waals surface area contributed by atoms with Crippen molar-refractivity contribution in [3.05, 3.63) is 0 Å². The fourth-order valence-corrected chi connectivity index (χ4v) is 3.12. The summed E-state index contributed by atoms with van der Waals surface area (Å²) in [6.07, 6.45) is -6.05. The molecule has 0 aromatic carbocycles. The van der Waals surface area contributed by atoms with Crippen LogP contribution < -0.4 is 5.32 Å². The fraction of sp³-hybridized carbons (Fsp3) is 0.714. The molecule has 0 unspecified atom stereocenters. The Bertz CT molecular complexity index is 682. The van der Waals surface area contributed by atoms with Crippen LogP contribution in [0.2, 0.25) is 0 Å². The van der Waals surface area contributed by atoms with Crippen LogP contribution in [0.3, 0.4) is 0 Å².